The molecule has 2 heterocycles. The van der Waals surface area contributed by atoms with E-state index in [0.717, 1.165) is 31.9 Å². The molecule has 1 fully saturated rings. The lowest BCUT2D eigenvalue weighted by molar-refractivity contribution is 0.302. The predicted molar refractivity (Wildman–Crippen MR) is 73.1 cm³/mol. The van der Waals surface area contributed by atoms with Gasteiger partial charge in [-0.3, -0.25) is 0 Å². The number of rotatable bonds is 3. The molecule has 2 aliphatic rings. The van der Waals surface area contributed by atoms with Gasteiger partial charge in [0.15, 0.2) is 0 Å². The van der Waals surface area contributed by atoms with E-state index in [1.165, 1.54) is 17.5 Å². The summed E-state index contributed by atoms with van der Waals surface area (Å²) in [5.41, 5.74) is 2.67. The molecule has 1 aromatic carbocycles. The zero-order valence-electron chi connectivity index (χ0n) is 10.9. The molecule has 1 N–H and O–H groups in total. The Labute approximate surface area is 108 Å². The van der Waals surface area contributed by atoms with Gasteiger partial charge in [0, 0.05) is 0 Å². The standard InChI is InChI=1S/C15H20N2O/c1-11-4-2-5-12(8-11)9-13-10-18-15(17-13)14-6-3-7-16-14/h2,4-5,8,13-14,16H,3,6-7,9-10H2,1H3. The van der Waals surface area contributed by atoms with Gasteiger partial charge in [0.25, 0.3) is 0 Å². The molecule has 0 aromatic heterocycles. The molecule has 18 heavy (non-hydrogen) atoms. The molecule has 1 aromatic rings. The molecule has 96 valence electrons. The Morgan fingerprint density at radius 2 is 2.39 bits per heavy atom. The average Bonchev–Trinajstić information content (AvgIpc) is 2.98. The molecule has 1 saturated heterocycles. The van der Waals surface area contributed by atoms with Crippen molar-refractivity contribution in [1.29, 1.82) is 0 Å². The summed E-state index contributed by atoms with van der Waals surface area (Å²) in [5.74, 6) is 0.935. The van der Waals surface area contributed by atoms with Crippen LogP contribution in [0.25, 0.3) is 0 Å². The van der Waals surface area contributed by atoms with Gasteiger partial charge in [-0.05, 0) is 38.3 Å². The van der Waals surface area contributed by atoms with E-state index in [1.807, 2.05) is 0 Å². The van der Waals surface area contributed by atoms with Crippen molar-refractivity contribution in [3.63, 3.8) is 0 Å². The van der Waals surface area contributed by atoms with Crippen molar-refractivity contribution in [1.82, 2.24) is 5.32 Å². The molecular weight excluding hydrogens is 224 g/mol. The van der Waals surface area contributed by atoms with E-state index < -0.39 is 0 Å². The molecule has 3 rings (SSSR count). The maximum atomic E-state index is 5.74. The normalized spacial score (nSPS) is 27.1. The Kier molecular flexibility index (Phi) is 3.33. The van der Waals surface area contributed by atoms with Crippen LogP contribution in [0, 0.1) is 6.92 Å². The third-order valence-corrected chi connectivity index (χ3v) is 3.65. The molecule has 0 radical (unpaired) electrons. The number of ether oxygens (including phenoxy) is 1. The van der Waals surface area contributed by atoms with E-state index in [9.17, 15) is 0 Å². The van der Waals surface area contributed by atoms with Gasteiger partial charge in [-0.2, -0.15) is 0 Å². The minimum atomic E-state index is 0.296. The summed E-state index contributed by atoms with van der Waals surface area (Å²) < 4.78 is 5.74. The number of hydrogen-bond donors (Lipinski definition) is 1. The first-order chi connectivity index (χ1) is 8.81. The minimum Gasteiger partial charge on any atom is -0.478 e. The fourth-order valence-electron chi connectivity index (χ4n) is 2.74. The molecule has 3 heteroatoms. The van der Waals surface area contributed by atoms with Gasteiger partial charge in [-0.1, -0.05) is 29.8 Å². The van der Waals surface area contributed by atoms with E-state index in [4.69, 9.17) is 9.73 Å². The van der Waals surface area contributed by atoms with E-state index in [0.29, 0.717) is 12.1 Å². The number of aryl methyl sites for hydroxylation is 1. The van der Waals surface area contributed by atoms with Crippen molar-refractivity contribution in [3.8, 4) is 0 Å². The van der Waals surface area contributed by atoms with Gasteiger partial charge >= 0.3 is 0 Å². The summed E-state index contributed by atoms with van der Waals surface area (Å²) in [6, 6.07) is 9.32. The topological polar surface area (TPSA) is 33.6 Å². The molecule has 2 atom stereocenters. The SMILES string of the molecule is Cc1cccc(CC2COC(C3CCCN3)=N2)c1. The summed E-state index contributed by atoms with van der Waals surface area (Å²) in [6.45, 7) is 3.96. The average molecular weight is 244 g/mol. The number of nitrogens with zero attached hydrogens (tertiary/aromatic N) is 1. The smallest absolute Gasteiger partial charge is 0.201 e. The monoisotopic (exact) mass is 244 g/mol. The van der Waals surface area contributed by atoms with E-state index in [-0.39, 0.29) is 0 Å². The van der Waals surface area contributed by atoms with Crippen LogP contribution in [-0.2, 0) is 11.2 Å². The molecule has 2 aliphatic heterocycles. The Hall–Kier alpha value is -1.35. The lowest BCUT2D eigenvalue weighted by Crippen LogP contribution is -2.30. The van der Waals surface area contributed by atoms with Crippen molar-refractivity contribution in [3.05, 3.63) is 35.4 Å². The predicted octanol–water partition coefficient (Wildman–Crippen LogP) is 2.09. The molecule has 0 bridgehead atoms. The van der Waals surface area contributed by atoms with Crippen LogP contribution in [0.4, 0.5) is 0 Å². The van der Waals surface area contributed by atoms with Crippen molar-refractivity contribution >= 4 is 5.90 Å². The van der Waals surface area contributed by atoms with Crippen LogP contribution < -0.4 is 5.32 Å². The molecular formula is C15H20N2O. The van der Waals surface area contributed by atoms with Crippen molar-refractivity contribution in [2.24, 2.45) is 4.99 Å². The third-order valence-electron chi connectivity index (χ3n) is 3.65. The zero-order valence-corrected chi connectivity index (χ0v) is 10.9. The second kappa shape index (κ2) is 5.11. The number of aliphatic imine (C=N–C) groups is 1. The summed E-state index contributed by atoms with van der Waals surface area (Å²) in [4.78, 5) is 4.73. The van der Waals surface area contributed by atoms with E-state index in [1.54, 1.807) is 0 Å². The first-order valence-electron chi connectivity index (χ1n) is 6.81. The van der Waals surface area contributed by atoms with Gasteiger partial charge in [-0.25, -0.2) is 4.99 Å². The van der Waals surface area contributed by atoms with Crippen LogP contribution in [0.3, 0.4) is 0 Å². The molecule has 3 nitrogen and oxygen atoms in total. The second-order valence-electron chi connectivity index (χ2n) is 5.27. The largest absolute Gasteiger partial charge is 0.478 e. The fraction of sp³-hybridized carbons (Fsp3) is 0.533. The number of benzene rings is 1. The Morgan fingerprint density at radius 1 is 1.44 bits per heavy atom. The van der Waals surface area contributed by atoms with Gasteiger partial charge in [-0.15, -0.1) is 0 Å². The van der Waals surface area contributed by atoms with Crippen molar-refractivity contribution in [2.75, 3.05) is 13.2 Å². The van der Waals surface area contributed by atoms with E-state index >= 15 is 0 Å². The maximum absolute atomic E-state index is 5.74. The highest BCUT2D eigenvalue weighted by Gasteiger charge is 2.27. The molecule has 0 amide bonds. The first kappa shape index (κ1) is 11.7. The van der Waals surface area contributed by atoms with Crippen LogP contribution in [0.1, 0.15) is 24.0 Å². The molecule has 0 saturated carbocycles. The van der Waals surface area contributed by atoms with Crippen LogP contribution >= 0.6 is 0 Å². The van der Waals surface area contributed by atoms with Crippen molar-refractivity contribution in [2.45, 2.75) is 38.3 Å². The van der Waals surface area contributed by atoms with E-state index in [2.05, 4.69) is 36.5 Å². The highest BCUT2D eigenvalue weighted by atomic mass is 16.5. The van der Waals surface area contributed by atoms with Gasteiger partial charge in [0.1, 0.15) is 6.61 Å². The lowest BCUT2D eigenvalue weighted by atomic mass is 10.1. The van der Waals surface area contributed by atoms with Gasteiger partial charge < -0.3 is 10.1 Å². The molecule has 2 unspecified atom stereocenters. The zero-order chi connectivity index (χ0) is 12.4. The molecule has 0 aliphatic carbocycles. The fourth-order valence-corrected chi connectivity index (χ4v) is 2.74. The Balaban J connectivity index is 1.64. The summed E-state index contributed by atoms with van der Waals surface area (Å²) >= 11 is 0. The second-order valence-corrected chi connectivity index (χ2v) is 5.27. The molecule has 0 spiro atoms. The quantitative estimate of drug-likeness (QED) is 0.883. The van der Waals surface area contributed by atoms with Crippen molar-refractivity contribution < 1.29 is 4.74 Å². The van der Waals surface area contributed by atoms with Crippen LogP contribution in [0.5, 0.6) is 0 Å². The first-order valence-corrected chi connectivity index (χ1v) is 6.81. The highest BCUT2D eigenvalue weighted by molar-refractivity contribution is 5.83. The van der Waals surface area contributed by atoms with Crippen LogP contribution in [0.2, 0.25) is 0 Å². The number of nitrogens with one attached hydrogen (secondary N) is 1. The van der Waals surface area contributed by atoms with Crippen LogP contribution in [0.15, 0.2) is 29.3 Å². The Morgan fingerprint density at radius 3 is 3.17 bits per heavy atom. The Bertz CT molecular complexity index is 450. The maximum Gasteiger partial charge on any atom is 0.201 e. The van der Waals surface area contributed by atoms with Gasteiger partial charge in [0.2, 0.25) is 5.90 Å². The number of hydrogen-bond acceptors (Lipinski definition) is 3. The summed E-state index contributed by atoms with van der Waals surface area (Å²) in [6.07, 6.45) is 3.38. The minimum absolute atomic E-state index is 0.296. The summed E-state index contributed by atoms with van der Waals surface area (Å²) in [5, 5.41) is 3.44. The lowest BCUT2D eigenvalue weighted by Gasteiger charge is -2.08. The highest BCUT2D eigenvalue weighted by Crippen LogP contribution is 2.17. The van der Waals surface area contributed by atoms with Crippen LogP contribution in [-0.4, -0.2) is 31.1 Å². The third kappa shape index (κ3) is 2.56. The summed E-state index contributed by atoms with van der Waals surface area (Å²) in [7, 11) is 0. The van der Waals surface area contributed by atoms with Gasteiger partial charge in [0.05, 0.1) is 12.1 Å².